The number of benzene rings is 2. The molecule has 3 aromatic rings. The topological polar surface area (TPSA) is 125 Å². The third kappa shape index (κ3) is 5.57. The van der Waals surface area contributed by atoms with Crippen LogP contribution in [0, 0.1) is 23.7 Å². The van der Waals surface area contributed by atoms with Gasteiger partial charge in [-0.15, -0.1) is 10.2 Å². The van der Waals surface area contributed by atoms with Crippen LogP contribution in [0.15, 0.2) is 80.0 Å². The van der Waals surface area contributed by atoms with Crippen LogP contribution in [0.4, 0.5) is 10.8 Å². The molecule has 204 valence electrons. The summed E-state index contributed by atoms with van der Waals surface area (Å²) < 4.78 is 1.53. The largest absolute Gasteiger partial charge is 0.384 e. The van der Waals surface area contributed by atoms with E-state index < -0.39 is 5.92 Å². The van der Waals surface area contributed by atoms with E-state index in [-0.39, 0.29) is 28.7 Å². The van der Waals surface area contributed by atoms with Crippen molar-refractivity contribution in [3.63, 3.8) is 0 Å². The number of nitrogens with one attached hydrogen (secondary N) is 1. The molecule has 0 radical (unpaired) electrons. The molecule has 1 unspecified atom stereocenters. The van der Waals surface area contributed by atoms with E-state index in [4.69, 9.17) is 5.73 Å². The summed E-state index contributed by atoms with van der Waals surface area (Å²) in [5.41, 5.74) is 10.6. The van der Waals surface area contributed by atoms with Crippen LogP contribution in [0.5, 0.6) is 0 Å². The van der Waals surface area contributed by atoms with Gasteiger partial charge in [0, 0.05) is 27.9 Å². The summed E-state index contributed by atoms with van der Waals surface area (Å²) in [6.07, 6.45) is 0.972. The number of allylic oxidation sites excluding steroid dienone is 3. The van der Waals surface area contributed by atoms with Gasteiger partial charge in [0.15, 0.2) is 10.1 Å². The normalized spacial score (nSPS) is 18.4. The van der Waals surface area contributed by atoms with Crippen LogP contribution in [0.1, 0.15) is 43.7 Å². The molecule has 8 nitrogen and oxygen atoms in total. The Labute approximate surface area is 249 Å². The molecule has 0 saturated heterocycles. The number of carbonyl (C=O) groups is 2. The number of nitriles is 1. The van der Waals surface area contributed by atoms with Gasteiger partial charge >= 0.3 is 0 Å². The van der Waals surface area contributed by atoms with Crippen molar-refractivity contribution < 1.29 is 9.59 Å². The zero-order valence-electron chi connectivity index (χ0n) is 22.2. The molecule has 2 heterocycles. The number of aromatic nitrogens is 2. The third-order valence-electron chi connectivity index (χ3n) is 6.89. The summed E-state index contributed by atoms with van der Waals surface area (Å²) in [7, 11) is 0. The van der Waals surface area contributed by atoms with Gasteiger partial charge < -0.3 is 11.1 Å². The van der Waals surface area contributed by atoms with Crippen LogP contribution in [0.25, 0.3) is 0 Å². The lowest BCUT2D eigenvalue weighted by Gasteiger charge is -2.42. The van der Waals surface area contributed by atoms with Crippen LogP contribution in [0.3, 0.4) is 0 Å². The average molecular weight is 636 g/mol. The van der Waals surface area contributed by atoms with E-state index in [1.54, 1.807) is 4.90 Å². The summed E-state index contributed by atoms with van der Waals surface area (Å²) in [6.45, 7) is 6.04. The van der Waals surface area contributed by atoms with Crippen LogP contribution in [-0.4, -0.2) is 27.6 Å². The fraction of sp³-hybridized carbons (Fsp3) is 0.276. The first-order valence-corrected chi connectivity index (χ1v) is 15.2. The lowest BCUT2D eigenvalue weighted by Crippen LogP contribution is -2.42. The number of Topliss-reactive ketones (excluding diaryl/α,β-unsaturated/α-hetero) is 1. The number of thioether (sulfide) groups is 1. The predicted octanol–water partition coefficient (Wildman–Crippen LogP) is 6.28. The van der Waals surface area contributed by atoms with E-state index in [0.717, 1.165) is 27.0 Å². The Morgan fingerprint density at radius 3 is 2.70 bits per heavy atom. The van der Waals surface area contributed by atoms with Crippen molar-refractivity contribution >= 4 is 61.5 Å². The lowest BCUT2D eigenvalue weighted by atomic mass is 9.69. The van der Waals surface area contributed by atoms with Gasteiger partial charge in [0.2, 0.25) is 11.0 Å². The number of anilines is 2. The third-order valence-corrected chi connectivity index (χ3v) is 9.43. The number of carbonyl (C=O) groups excluding carboxylic acids is 2. The van der Waals surface area contributed by atoms with Crippen LogP contribution in [0.2, 0.25) is 0 Å². The Morgan fingerprint density at radius 2 is 2.00 bits per heavy atom. The Kier molecular flexibility index (Phi) is 7.86. The van der Waals surface area contributed by atoms with Crippen molar-refractivity contribution in [3.05, 3.63) is 86.8 Å². The second-order valence-electron chi connectivity index (χ2n) is 10.5. The molecular weight excluding hydrogens is 608 g/mol. The zero-order chi connectivity index (χ0) is 28.6. The maximum absolute atomic E-state index is 13.6. The number of hydrogen-bond donors (Lipinski definition) is 2. The average Bonchev–Trinajstić information content (AvgIpc) is 3.36. The van der Waals surface area contributed by atoms with Crippen molar-refractivity contribution in [1.29, 1.82) is 5.26 Å². The number of rotatable bonds is 6. The Morgan fingerprint density at radius 1 is 1.25 bits per heavy atom. The van der Waals surface area contributed by atoms with E-state index in [2.05, 4.69) is 51.4 Å². The quantitative estimate of drug-likeness (QED) is 0.303. The first-order chi connectivity index (χ1) is 19.1. The molecule has 2 aliphatic rings. The first-order valence-electron chi connectivity index (χ1n) is 12.6. The fourth-order valence-electron chi connectivity index (χ4n) is 5.14. The van der Waals surface area contributed by atoms with Gasteiger partial charge in [-0.3, -0.25) is 14.5 Å². The van der Waals surface area contributed by atoms with Crippen molar-refractivity contribution in [3.8, 4) is 6.07 Å². The molecule has 1 aromatic heterocycles. The molecule has 3 N–H and O–H groups in total. The standard InChI is InChI=1S/C29H27BrN6O2S2/c1-16-11-18(30)9-10-20(16)33-23(38)15-39-28-35-34-27(40-28)36-21-12-29(2,3)13-22(37)25(21)24(19(14-31)26(36)32)17-7-5-4-6-8-17/h4-11,24H,12-13,15,32H2,1-3H3,(H,33,38). The Bertz CT molecular complexity index is 1610. The SMILES string of the molecule is Cc1cc(Br)ccc1NC(=O)CSc1nnc(N2C(N)=C(C#N)C(c3ccccc3)C3=C2CC(C)(C)CC3=O)s1. The summed E-state index contributed by atoms with van der Waals surface area (Å²) in [5, 5.41) is 22.3. The first kappa shape index (κ1) is 28.1. The number of aryl methyl sites for hydroxylation is 1. The minimum Gasteiger partial charge on any atom is -0.384 e. The highest BCUT2D eigenvalue weighted by Crippen LogP contribution is 2.50. The molecule has 0 spiro atoms. The maximum atomic E-state index is 13.6. The smallest absolute Gasteiger partial charge is 0.234 e. The number of ketones is 1. The molecule has 1 aliphatic heterocycles. The second-order valence-corrected chi connectivity index (χ2v) is 13.6. The number of nitrogens with zero attached hydrogens (tertiary/aromatic N) is 4. The minimum atomic E-state index is -0.534. The summed E-state index contributed by atoms with van der Waals surface area (Å²) >= 11 is 5.97. The second kappa shape index (κ2) is 11.2. The van der Waals surface area contributed by atoms with E-state index in [9.17, 15) is 14.9 Å². The van der Waals surface area contributed by atoms with Crippen molar-refractivity contribution in [2.24, 2.45) is 11.1 Å². The Hall–Kier alpha value is -3.46. The van der Waals surface area contributed by atoms with Crippen molar-refractivity contribution in [2.45, 2.75) is 43.9 Å². The monoisotopic (exact) mass is 634 g/mol. The highest BCUT2D eigenvalue weighted by Gasteiger charge is 2.45. The number of nitrogens with two attached hydrogens (primary N) is 1. The summed E-state index contributed by atoms with van der Waals surface area (Å²) in [5.74, 6) is -0.296. The lowest BCUT2D eigenvalue weighted by molar-refractivity contribution is -0.118. The number of hydrogen-bond acceptors (Lipinski definition) is 9. The molecule has 0 saturated carbocycles. The molecule has 11 heteroatoms. The zero-order valence-corrected chi connectivity index (χ0v) is 25.4. The molecule has 0 bridgehead atoms. The molecular formula is C29H27BrN6O2S2. The molecule has 1 atom stereocenters. The van der Waals surface area contributed by atoms with Crippen LogP contribution >= 0.6 is 39.0 Å². The van der Waals surface area contributed by atoms with Crippen LogP contribution < -0.4 is 16.0 Å². The predicted molar refractivity (Wildman–Crippen MR) is 162 cm³/mol. The highest BCUT2D eigenvalue weighted by molar-refractivity contribution is 9.10. The summed E-state index contributed by atoms with van der Waals surface area (Å²) in [6, 6.07) is 17.5. The molecule has 2 aromatic carbocycles. The number of amides is 1. The summed E-state index contributed by atoms with van der Waals surface area (Å²) in [4.78, 5) is 28.0. The number of halogens is 1. The molecule has 1 aliphatic carbocycles. The van der Waals surface area contributed by atoms with Gasteiger partial charge in [0.25, 0.3) is 0 Å². The molecule has 40 heavy (non-hydrogen) atoms. The maximum Gasteiger partial charge on any atom is 0.234 e. The molecule has 5 rings (SSSR count). The van der Waals surface area contributed by atoms with Gasteiger partial charge in [-0.25, -0.2) is 0 Å². The van der Waals surface area contributed by atoms with Gasteiger partial charge in [-0.05, 0) is 48.1 Å². The van der Waals surface area contributed by atoms with Gasteiger partial charge in [0.05, 0.1) is 23.3 Å². The van der Waals surface area contributed by atoms with E-state index in [1.165, 1.54) is 23.1 Å². The van der Waals surface area contributed by atoms with Gasteiger partial charge in [-0.2, -0.15) is 5.26 Å². The molecule has 1 amide bonds. The molecule has 0 fully saturated rings. The van der Waals surface area contributed by atoms with E-state index >= 15 is 0 Å². The van der Waals surface area contributed by atoms with Gasteiger partial charge in [0.1, 0.15) is 5.82 Å². The highest BCUT2D eigenvalue weighted by atomic mass is 79.9. The fourth-order valence-corrected chi connectivity index (χ4v) is 7.29. The van der Waals surface area contributed by atoms with E-state index in [1.807, 2.05) is 55.5 Å². The van der Waals surface area contributed by atoms with Crippen LogP contribution in [-0.2, 0) is 9.59 Å². The Balaban J connectivity index is 1.44. The van der Waals surface area contributed by atoms with E-state index in [0.29, 0.717) is 33.5 Å². The van der Waals surface area contributed by atoms with Gasteiger partial charge in [-0.1, -0.05) is 83.2 Å². The van der Waals surface area contributed by atoms with Crippen molar-refractivity contribution in [2.75, 3.05) is 16.0 Å². The minimum absolute atomic E-state index is 0.00405. The van der Waals surface area contributed by atoms with Crippen molar-refractivity contribution in [1.82, 2.24) is 10.2 Å².